The molecule has 0 saturated carbocycles. The fourth-order valence-corrected chi connectivity index (χ4v) is 3.09. The maximum absolute atomic E-state index is 9.65. The lowest BCUT2D eigenvalue weighted by atomic mass is 10.00. The van der Waals surface area contributed by atoms with Gasteiger partial charge in [-0.1, -0.05) is 36.4 Å². The van der Waals surface area contributed by atoms with Crippen LogP contribution in [0.3, 0.4) is 0 Å². The molecule has 0 aromatic heterocycles. The van der Waals surface area contributed by atoms with Gasteiger partial charge in [-0.25, -0.2) is 0 Å². The number of hydrogen-bond donors (Lipinski definition) is 3. The van der Waals surface area contributed by atoms with E-state index in [1.54, 1.807) is 12.1 Å². The Labute approximate surface area is 143 Å². The summed E-state index contributed by atoms with van der Waals surface area (Å²) in [7, 11) is 2.03. The molecular formula is C20H23N3O. The number of likely N-dealkylation sites (N-methyl/N-ethyl adjacent to an activating group) is 1. The van der Waals surface area contributed by atoms with Crippen LogP contribution in [0.1, 0.15) is 16.7 Å². The average molecular weight is 321 g/mol. The van der Waals surface area contributed by atoms with Gasteiger partial charge in [-0.2, -0.15) is 0 Å². The van der Waals surface area contributed by atoms with Gasteiger partial charge in [0.1, 0.15) is 5.75 Å². The van der Waals surface area contributed by atoms with E-state index in [0.29, 0.717) is 18.8 Å². The van der Waals surface area contributed by atoms with E-state index in [1.807, 2.05) is 31.3 Å². The molecule has 1 aliphatic rings. The molecule has 3 N–H and O–H groups in total. The number of phenols is 1. The molecule has 2 aromatic carbocycles. The highest BCUT2D eigenvalue weighted by Gasteiger charge is 2.23. The van der Waals surface area contributed by atoms with Crippen molar-refractivity contribution >= 4 is 11.4 Å². The van der Waals surface area contributed by atoms with Crippen LogP contribution in [-0.4, -0.2) is 35.9 Å². The number of rotatable bonds is 4. The summed E-state index contributed by atoms with van der Waals surface area (Å²) in [5.41, 5.74) is 6.06. The maximum atomic E-state index is 9.65. The Bertz CT molecular complexity index is 795. The Morgan fingerprint density at radius 3 is 2.62 bits per heavy atom. The van der Waals surface area contributed by atoms with Crippen LogP contribution in [0.5, 0.6) is 5.75 Å². The van der Waals surface area contributed by atoms with E-state index in [1.165, 1.54) is 5.56 Å². The molecule has 0 atom stereocenters. The van der Waals surface area contributed by atoms with Crippen molar-refractivity contribution in [2.24, 2.45) is 0 Å². The summed E-state index contributed by atoms with van der Waals surface area (Å²) in [6.45, 7) is 4.15. The Balaban J connectivity index is 1.96. The van der Waals surface area contributed by atoms with Crippen LogP contribution < -0.4 is 5.32 Å². The van der Waals surface area contributed by atoms with Gasteiger partial charge < -0.3 is 15.8 Å². The summed E-state index contributed by atoms with van der Waals surface area (Å²) in [6, 6.07) is 15.5. The molecule has 0 radical (unpaired) electrons. The molecule has 0 spiro atoms. The Kier molecular flexibility index (Phi) is 4.67. The first kappa shape index (κ1) is 16.3. The summed E-state index contributed by atoms with van der Waals surface area (Å²) < 4.78 is 0. The van der Waals surface area contributed by atoms with E-state index in [2.05, 4.69) is 29.3 Å². The van der Waals surface area contributed by atoms with Crippen molar-refractivity contribution in [2.45, 2.75) is 13.5 Å². The van der Waals surface area contributed by atoms with Gasteiger partial charge in [-0.15, -0.1) is 0 Å². The lowest BCUT2D eigenvalue weighted by Gasteiger charge is -2.17. The van der Waals surface area contributed by atoms with Gasteiger partial charge >= 0.3 is 0 Å². The minimum absolute atomic E-state index is 0.271. The first-order valence-electron chi connectivity index (χ1n) is 8.12. The molecule has 0 bridgehead atoms. The van der Waals surface area contributed by atoms with Gasteiger partial charge in [-0.05, 0) is 37.2 Å². The minimum Gasteiger partial charge on any atom is -0.508 e. The standard InChI is InChI=1S/C20H23N3O/c1-14-6-3-4-9-17(14)20(18-12-23(2)13-19(18)21)22-11-15-7-5-8-16(24)10-15/h3-10,21-22,24H,11-13H2,1-2H3/b20-18-,21-19?. The zero-order valence-electron chi connectivity index (χ0n) is 14.1. The van der Waals surface area contributed by atoms with Gasteiger partial charge in [0.15, 0.2) is 0 Å². The van der Waals surface area contributed by atoms with Crippen LogP contribution in [0.15, 0.2) is 54.1 Å². The van der Waals surface area contributed by atoms with E-state index in [0.717, 1.165) is 28.9 Å². The van der Waals surface area contributed by atoms with Crippen LogP contribution in [0.2, 0.25) is 0 Å². The molecule has 0 unspecified atom stereocenters. The first-order valence-corrected chi connectivity index (χ1v) is 8.12. The Morgan fingerprint density at radius 2 is 1.96 bits per heavy atom. The van der Waals surface area contributed by atoms with Crippen molar-refractivity contribution in [1.29, 1.82) is 5.41 Å². The molecule has 4 heteroatoms. The van der Waals surface area contributed by atoms with E-state index in [4.69, 9.17) is 5.41 Å². The van der Waals surface area contributed by atoms with Crippen molar-refractivity contribution in [3.05, 3.63) is 70.8 Å². The normalized spacial score (nSPS) is 17.2. The quantitative estimate of drug-likeness (QED) is 0.811. The molecule has 4 nitrogen and oxygen atoms in total. The number of aromatic hydroxyl groups is 1. The first-order chi connectivity index (χ1) is 11.5. The van der Waals surface area contributed by atoms with Crippen molar-refractivity contribution in [3.8, 4) is 5.75 Å². The molecule has 24 heavy (non-hydrogen) atoms. The second-order valence-corrected chi connectivity index (χ2v) is 6.34. The molecular weight excluding hydrogens is 298 g/mol. The molecule has 124 valence electrons. The fourth-order valence-electron chi connectivity index (χ4n) is 3.09. The monoisotopic (exact) mass is 321 g/mol. The third-order valence-corrected chi connectivity index (χ3v) is 4.32. The number of hydrogen-bond acceptors (Lipinski definition) is 4. The average Bonchev–Trinajstić information content (AvgIpc) is 2.88. The number of nitrogens with one attached hydrogen (secondary N) is 2. The lowest BCUT2D eigenvalue weighted by molar-refractivity contribution is 0.444. The van der Waals surface area contributed by atoms with Crippen molar-refractivity contribution in [3.63, 3.8) is 0 Å². The van der Waals surface area contributed by atoms with Crippen LogP contribution in [0.4, 0.5) is 0 Å². The Morgan fingerprint density at radius 1 is 1.17 bits per heavy atom. The summed E-state index contributed by atoms with van der Waals surface area (Å²) in [4.78, 5) is 2.14. The predicted octanol–water partition coefficient (Wildman–Crippen LogP) is 3.17. The molecule has 1 aliphatic heterocycles. The zero-order valence-corrected chi connectivity index (χ0v) is 14.1. The highest BCUT2D eigenvalue weighted by atomic mass is 16.3. The summed E-state index contributed by atoms with van der Waals surface area (Å²) in [5.74, 6) is 0.271. The third-order valence-electron chi connectivity index (χ3n) is 4.32. The topological polar surface area (TPSA) is 59.4 Å². The predicted molar refractivity (Wildman–Crippen MR) is 98.3 cm³/mol. The van der Waals surface area contributed by atoms with Crippen LogP contribution in [0, 0.1) is 12.3 Å². The number of nitrogens with zero attached hydrogens (tertiary/aromatic N) is 1. The largest absolute Gasteiger partial charge is 0.508 e. The highest BCUT2D eigenvalue weighted by Crippen LogP contribution is 2.25. The van der Waals surface area contributed by atoms with Gasteiger partial charge in [0.25, 0.3) is 0 Å². The molecule has 1 fully saturated rings. The smallest absolute Gasteiger partial charge is 0.115 e. The SMILES string of the molecule is Cc1ccccc1/C(NCc1cccc(O)c1)=C1\CN(C)CC1=N. The van der Waals surface area contributed by atoms with Crippen LogP contribution in [0.25, 0.3) is 5.70 Å². The number of benzene rings is 2. The second-order valence-electron chi connectivity index (χ2n) is 6.34. The van der Waals surface area contributed by atoms with E-state index in [-0.39, 0.29) is 5.75 Å². The fraction of sp³-hybridized carbons (Fsp3) is 0.250. The molecule has 3 rings (SSSR count). The van der Waals surface area contributed by atoms with Crippen molar-refractivity contribution in [2.75, 3.05) is 20.1 Å². The van der Waals surface area contributed by atoms with Crippen LogP contribution >= 0.6 is 0 Å². The number of phenolic OH excluding ortho intramolecular Hbond substituents is 1. The van der Waals surface area contributed by atoms with Gasteiger partial charge in [0.2, 0.25) is 0 Å². The van der Waals surface area contributed by atoms with Crippen LogP contribution in [-0.2, 0) is 6.54 Å². The lowest BCUT2D eigenvalue weighted by Crippen LogP contribution is -2.18. The third kappa shape index (κ3) is 3.49. The van der Waals surface area contributed by atoms with E-state index in [9.17, 15) is 5.11 Å². The maximum Gasteiger partial charge on any atom is 0.115 e. The summed E-state index contributed by atoms with van der Waals surface area (Å²) >= 11 is 0. The highest BCUT2D eigenvalue weighted by molar-refractivity contribution is 6.07. The van der Waals surface area contributed by atoms with E-state index >= 15 is 0 Å². The minimum atomic E-state index is 0.271. The van der Waals surface area contributed by atoms with E-state index < -0.39 is 0 Å². The summed E-state index contributed by atoms with van der Waals surface area (Å²) in [5, 5.41) is 21.5. The Hall–Kier alpha value is -2.59. The van der Waals surface area contributed by atoms with Gasteiger partial charge in [0.05, 0.1) is 5.71 Å². The number of likely N-dealkylation sites (tertiary alicyclic amines) is 1. The van der Waals surface area contributed by atoms with Gasteiger partial charge in [0, 0.05) is 36.5 Å². The molecule has 0 aliphatic carbocycles. The van der Waals surface area contributed by atoms with Crippen molar-refractivity contribution < 1.29 is 5.11 Å². The number of aryl methyl sites for hydroxylation is 1. The molecule has 0 amide bonds. The molecule has 1 saturated heterocycles. The summed E-state index contributed by atoms with van der Waals surface area (Å²) in [6.07, 6.45) is 0. The zero-order chi connectivity index (χ0) is 17.1. The van der Waals surface area contributed by atoms with Crippen molar-refractivity contribution in [1.82, 2.24) is 10.2 Å². The second kappa shape index (κ2) is 6.89. The molecule has 1 heterocycles. The molecule has 2 aromatic rings. The van der Waals surface area contributed by atoms with Gasteiger partial charge in [-0.3, -0.25) is 4.90 Å².